The first-order valence-corrected chi connectivity index (χ1v) is 8.74. The summed E-state index contributed by atoms with van der Waals surface area (Å²) in [4.78, 5) is 25.6. The molecule has 0 aromatic heterocycles. The Morgan fingerprint density at radius 3 is 2.76 bits per heavy atom. The van der Waals surface area contributed by atoms with E-state index in [2.05, 4.69) is 0 Å². The average molecular weight is 344 g/mol. The summed E-state index contributed by atoms with van der Waals surface area (Å²) in [5, 5.41) is 0. The molecule has 25 heavy (non-hydrogen) atoms. The predicted octanol–water partition coefficient (Wildman–Crippen LogP) is 1.98. The normalized spacial score (nSPS) is 17.3. The predicted molar refractivity (Wildman–Crippen MR) is 94.2 cm³/mol. The summed E-state index contributed by atoms with van der Waals surface area (Å²) < 4.78 is 11.2. The molecule has 0 saturated carbocycles. The van der Waals surface area contributed by atoms with Crippen molar-refractivity contribution in [2.75, 3.05) is 26.3 Å². The van der Waals surface area contributed by atoms with Crippen LogP contribution in [0.5, 0.6) is 11.5 Å². The summed E-state index contributed by atoms with van der Waals surface area (Å²) in [6.45, 7) is 4.11. The van der Waals surface area contributed by atoms with Gasteiger partial charge in [0.25, 0.3) is 5.91 Å². The van der Waals surface area contributed by atoms with Crippen LogP contribution in [-0.4, -0.2) is 43.0 Å². The molecule has 2 heterocycles. The quantitative estimate of drug-likeness (QED) is 0.885. The second-order valence-electron chi connectivity index (χ2n) is 6.50. The van der Waals surface area contributed by atoms with Gasteiger partial charge in [-0.15, -0.1) is 0 Å². The van der Waals surface area contributed by atoms with E-state index in [1.54, 1.807) is 0 Å². The van der Waals surface area contributed by atoms with Crippen molar-refractivity contribution in [3.63, 3.8) is 0 Å². The number of benzene rings is 1. The van der Waals surface area contributed by atoms with Crippen molar-refractivity contribution in [2.45, 2.75) is 26.2 Å². The van der Waals surface area contributed by atoms with Gasteiger partial charge in [0.2, 0.25) is 5.91 Å². The van der Waals surface area contributed by atoms with E-state index in [-0.39, 0.29) is 24.3 Å². The number of amides is 2. The third kappa shape index (κ3) is 4.13. The van der Waals surface area contributed by atoms with Crippen LogP contribution in [0.1, 0.15) is 31.7 Å². The monoisotopic (exact) mass is 344 g/mol. The Kier molecular flexibility index (Phi) is 5.26. The Labute approximate surface area is 147 Å². The molecule has 1 saturated heterocycles. The first kappa shape index (κ1) is 17.3. The van der Waals surface area contributed by atoms with E-state index >= 15 is 0 Å². The molecule has 0 radical (unpaired) electrons. The summed E-state index contributed by atoms with van der Waals surface area (Å²) in [5.41, 5.74) is 6.77. The van der Waals surface area contributed by atoms with Crippen molar-refractivity contribution in [2.24, 2.45) is 11.7 Å². The average Bonchev–Trinajstić information content (AvgIpc) is 2.61. The zero-order valence-electron chi connectivity index (χ0n) is 14.5. The number of nitrogens with zero attached hydrogens (tertiary/aromatic N) is 1. The van der Waals surface area contributed by atoms with Crippen molar-refractivity contribution < 1.29 is 19.1 Å². The molecule has 0 unspecified atom stereocenters. The maximum atomic E-state index is 12.8. The zero-order valence-corrected chi connectivity index (χ0v) is 14.5. The molecule has 6 heteroatoms. The van der Waals surface area contributed by atoms with E-state index in [1.807, 2.05) is 36.1 Å². The fourth-order valence-electron chi connectivity index (χ4n) is 3.36. The Balaban J connectivity index is 1.67. The molecule has 0 aliphatic carbocycles. The van der Waals surface area contributed by atoms with Gasteiger partial charge in [0.1, 0.15) is 18.1 Å². The largest absolute Gasteiger partial charge is 0.494 e. The van der Waals surface area contributed by atoms with E-state index in [1.165, 1.54) is 0 Å². The first-order valence-electron chi connectivity index (χ1n) is 8.74. The van der Waals surface area contributed by atoms with E-state index < -0.39 is 0 Å². The highest BCUT2D eigenvalue weighted by atomic mass is 16.5. The van der Waals surface area contributed by atoms with E-state index in [9.17, 15) is 9.59 Å². The van der Waals surface area contributed by atoms with Crippen LogP contribution in [-0.2, 0) is 9.59 Å². The smallest absolute Gasteiger partial charge is 0.253 e. The van der Waals surface area contributed by atoms with Crippen LogP contribution in [0.15, 0.2) is 23.8 Å². The van der Waals surface area contributed by atoms with Gasteiger partial charge in [-0.25, -0.2) is 0 Å². The van der Waals surface area contributed by atoms with Crippen molar-refractivity contribution in [1.29, 1.82) is 0 Å². The minimum absolute atomic E-state index is 0.00462. The van der Waals surface area contributed by atoms with Gasteiger partial charge in [0, 0.05) is 25.1 Å². The van der Waals surface area contributed by atoms with Crippen LogP contribution in [0.3, 0.4) is 0 Å². The lowest BCUT2D eigenvalue weighted by Gasteiger charge is -2.32. The lowest BCUT2D eigenvalue weighted by Crippen LogP contribution is -2.41. The van der Waals surface area contributed by atoms with Crippen molar-refractivity contribution in [1.82, 2.24) is 4.90 Å². The van der Waals surface area contributed by atoms with Gasteiger partial charge < -0.3 is 20.1 Å². The Hall–Kier alpha value is -2.50. The second kappa shape index (κ2) is 7.59. The van der Waals surface area contributed by atoms with Gasteiger partial charge in [-0.1, -0.05) is 0 Å². The molecular formula is C19H24N2O4. The summed E-state index contributed by atoms with van der Waals surface area (Å²) in [6.07, 6.45) is 3.92. The number of hydrogen-bond acceptors (Lipinski definition) is 4. The van der Waals surface area contributed by atoms with Gasteiger partial charge in [-0.05, 0) is 50.0 Å². The highest BCUT2D eigenvalue weighted by Crippen LogP contribution is 2.31. The summed E-state index contributed by atoms with van der Waals surface area (Å²) in [5.74, 6) is 1.55. The van der Waals surface area contributed by atoms with E-state index in [4.69, 9.17) is 15.2 Å². The first-order chi connectivity index (χ1) is 12.1. The fraction of sp³-hybridized carbons (Fsp3) is 0.474. The highest BCUT2D eigenvalue weighted by molar-refractivity contribution is 5.99. The van der Waals surface area contributed by atoms with Crippen LogP contribution in [0, 0.1) is 5.92 Å². The molecule has 134 valence electrons. The number of rotatable bonds is 5. The zero-order chi connectivity index (χ0) is 17.8. The standard InChI is InChI=1S/C19H24N2O4/c1-2-24-16-3-4-17-14(11-16)10-15(12-25-17)19(23)21-7-5-13(6-8-21)9-18(20)22/h3-4,10-11,13H,2,5-9,12H2,1H3,(H2,20,22). The van der Waals surface area contributed by atoms with Gasteiger partial charge in [0.15, 0.2) is 0 Å². The molecular weight excluding hydrogens is 320 g/mol. The molecule has 3 rings (SSSR count). The van der Waals surface area contributed by atoms with Gasteiger partial charge in [0.05, 0.1) is 12.2 Å². The Bertz CT molecular complexity index is 691. The van der Waals surface area contributed by atoms with Gasteiger partial charge in [-0.2, -0.15) is 0 Å². The molecule has 2 N–H and O–H groups in total. The minimum atomic E-state index is -0.269. The molecule has 0 spiro atoms. The maximum absolute atomic E-state index is 12.8. The SMILES string of the molecule is CCOc1ccc2c(c1)C=C(C(=O)N1CCC(CC(N)=O)CC1)CO2. The van der Waals surface area contributed by atoms with Gasteiger partial charge >= 0.3 is 0 Å². The van der Waals surface area contributed by atoms with Crippen molar-refractivity contribution >= 4 is 17.9 Å². The molecule has 1 aromatic rings. The highest BCUT2D eigenvalue weighted by Gasteiger charge is 2.27. The molecule has 2 aliphatic heterocycles. The molecule has 6 nitrogen and oxygen atoms in total. The minimum Gasteiger partial charge on any atom is -0.494 e. The molecule has 0 atom stereocenters. The summed E-state index contributed by atoms with van der Waals surface area (Å²) in [7, 11) is 0. The van der Waals surface area contributed by atoms with Gasteiger partial charge in [-0.3, -0.25) is 9.59 Å². The van der Waals surface area contributed by atoms with Crippen molar-refractivity contribution in [3.05, 3.63) is 29.3 Å². The molecule has 2 amide bonds. The van der Waals surface area contributed by atoms with Crippen LogP contribution >= 0.6 is 0 Å². The third-order valence-electron chi connectivity index (χ3n) is 4.67. The lowest BCUT2D eigenvalue weighted by atomic mass is 9.93. The van der Waals surface area contributed by atoms with Crippen molar-refractivity contribution in [3.8, 4) is 11.5 Å². The number of piperidine rings is 1. The van der Waals surface area contributed by atoms with Crippen LogP contribution in [0.25, 0.3) is 6.08 Å². The molecule has 2 aliphatic rings. The third-order valence-corrected chi connectivity index (χ3v) is 4.67. The number of hydrogen-bond donors (Lipinski definition) is 1. The van der Waals surface area contributed by atoms with Crippen LogP contribution < -0.4 is 15.2 Å². The number of fused-ring (bicyclic) bond motifs is 1. The maximum Gasteiger partial charge on any atom is 0.253 e. The van der Waals surface area contributed by atoms with E-state index in [0.717, 1.165) is 29.9 Å². The number of ether oxygens (including phenoxy) is 2. The Morgan fingerprint density at radius 2 is 2.08 bits per heavy atom. The van der Waals surface area contributed by atoms with Crippen LogP contribution in [0.2, 0.25) is 0 Å². The number of primary amides is 1. The summed E-state index contributed by atoms with van der Waals surface area (Å²) in [6, 6.07) is 5.63. The molecule has 0 bridgehead atoms. The van der Waals surface area contributed by atoms with E-state index in [0.29, 0.717) is 31.7 Å². The molecule has 1 fully saturated rings. The lowest BCUT2D eigenvalue weighted by molar-refractivity contribution is -0.129. The number of carbonyl (C=O) groups excluding carboxylic acids is 2. The Morgan fingerprint density at radius 1 is 1.32 bits per heavy atom. The topological polar surface area (TPSA) is 81.9 Å². The number of carbonyl (C=O) groups is 2. The number of nitrogens with two attached hydrogens (primary N) is 1. The molecule has 1 aromatic carbocycles. The second-order valence-corrected chi connectivity index (χ2v) is 6.50. The van der Waals surface area contributed by atoms with Crippen LogP contribution in [0.4, 0.5) is 0 Å². The summed E-state index contributed by atoms with van der Waals surface area (Å²) >= 11 is 0. The number of likely N-dealkylation sites (tertiary alicyclic amines) is 1. The fourth-order valence-corrected chi connectivity index (χ4v) is 3.36.